The molecule has 0 fully saturated rings. The number of rotatable bonds is 9. The van der Waals surface area contributed by atoms with Gasteiger partial charge in [-0.2, -0.15) is 9.57 Å². The number of ether oxygens (including phenoxy) is 2. The van der Waals surface area contributed by atoms with Crippen LogP contribution in [0, 0.1) is 21.4 Å². The quantitative estimate of drug-likeness (QED) is 0.448. The topological polar surface area (TPSA) is 123 Å². The van der Waals surface area contributed by atoms with E-state index in [1.165, 1.54) is 34.6 Å². The highest BCUT2D eigenvalue weighted by molar-refractivity contribution is 7.89. The van der Waals surface area contributed by atoms with Crippen LogP contribution >= 0.6 is 0 Å². The van der Waals surface area contributed by atoms with E-state index in [9.17, 15) is 18.5 Å². The van der Waals surface area contributed by atoms with Crippen LogP contribution in [0.1, 0.15) is 26.3 Å². The largest absolute Gasteiger partial charge is 0.490 e. The van der Waals surface area contributed by atoms with Crippen LogP contribution in [0.3, 0.4) is 0 Å². The van der Waals surface area contributed by atoms with E-state index in [-0.39, 0.29) is 35.2 Å². The van der Waals surface area contributed by atoms with Crippen molar-refractivity contribution in [2.75, 3.05) is 19.7 Å². The molecule has 29 heavy (non-hydrogen) atoms. The summed E-state index contributed by atoms with van der Waals surface area (Å²) in [6.07, 6.45) is 0. The van der Waals surface area contributed by atoms with E-state index < -0.39 is 20.6 Å². The number of benzene rings is 2. The van der Waals surface area contributed by atoms with E-state index in [0.717, 1.165) is 6.07 Å². The Morgan fingerprint density at radius 1 is 1.07 bits per heavy atom. The molecule has 0 N–H and O–H groups in total. The Balaban J connectivity index is 2.51. The van der Waals surface area contributed by atoms with Gasteiger partial charge in [-0.15, -0.1) is 0 Å². The molecular formula is C19H21N3O6S. The second-order valence-electron chi connectivity index (χ2n) is 5.78. The maximum atomic E-state index is 12.7. The summed E-state index contributed by atoms with van der Waals surface area (Å²) in [5.74, 6) is 0.285. The van der Waals surface area contributed by atoms with Crippen LogP contribution in [0.5, 0.6) is 17.2 Å². The Hall–Kier alpha value is -3.16. The zero-order valence-corrected chi connectivity index (χ0v) is 17.1. The highest BCUT2D eigenvalue weighted by atomic mass is 32.2. The standard InChI is InChI=1S/C19H21N3O6S/c1-4-21(5-2)29(25,26)15-8-10-17(16(12-15)22(23)24)28-18-9-7-14(13-20)11-19(18)27-6-3/h7-12H,4-6H2,1-3H3. The summed E-state index contributed by atoms with van der Waals surface area (Å²) in [5, 5.41) is 20.6. The van der Waals surface area contributed by atoms with Crippen molar-refractivity contribution in [3.8, 4) is 23.3 Å². The zero-order valence-electron chi connectivity index (χ0n) is 16.3. The molecular weight excluding hydrogens is 398 g/mol. The molecule has 0 radical (unpaired) electrons. The third-order valence-electron chi connectivity index (χ3n) is 4.06. The number of nitro benzene ring substituents is 1. The number of hydrogen-bond donors (Lipinski definition) is 0. The van der Waals surface area contributed by atoms with Gasteiger partial charge < -0.3 is 9.47 Å². The van der Waals surface area contributed by atoms with Gasteiger partial charge >= 0.3 is 5.69 Å². The maximum absolute atomic E-state index is 12.7. The van der Waals surface area contributed by atoms with E-state index in [0.29, 0.717) is 12.2 Å². The van der Waals surface area contributed by atoms with Crippen LogP contribution in [-0.4, -0.2) is 37.3 Å². The Morgan fingerprint density at radius 3 is 2.28 bits per heavy atom. The Bertz CT molecular complexity index is 1040. The van der Waals surface area contributed by atoms with Crippen molar-refractivity contribution in [1.29, 1.82) is 5.26 Å². The molecule has 0 atom stereocenters. The molecule has 0 unspecified atom stereocenters. The van der Waals surface area contributed by atoms with Crippen molar-refractivity contribution in [2.24, 2.45) is 0 Å². The monoisotopic (exact) mass is 419 g/mol. The van der Waals surface area contributed by atoms with E-state index in [4.69, 9.17) is 14.7 Å². The lowest BCUT2D eigenvalue weighted by Crippen LogP contribution is -2.30. The van der Waals surface area contributed by atoms with Gasteiger partial charge in [-0.05, 0) is 31.2 Å². The first-order chi connectivity index (χ1) is 13.8. The molecule has 0 amide bonds. The highest BCUT2D eigenvalue weighted by Crippen LogP contribution is 2.38. The van der Waals surface area contributed by atoms with Crippen molar-refractivity contribution < 1.29 is 22.8 Å². The third-order valence-corrected chi connectivity index (χ3v) is 6.11. The van der Waals surface area contributed by atoms with Gasteiger partial charge in [0.15, 0.2) is 11.5 Å². The number of nitro groups is 1. The van der Waals surface area contributed by atoms with Gasteiger partial charge in [0, 0.05) is 25.2 Å². The lowest BCUT2D eigenvalue weighted by molar-refractivity contribution is -0.385. The van der Waals surface area contributed by atoms with Crippen LogP contribution in [0.4, 0.5) is 5.69 Å². The van der Waals surface area contributed by atoms with Gasteiger partial charge in [-0.25, -0.2) is 8.42 Å². The molecule has 0 bridgehead atoms. The SMILES string of the molecule is CCOc1cc(C#N)ccc1Oc1ccc(S(=O)(=O)N(CC)CC)cc1[N+](=O)[O-]. The molecule has 2 aromatic carbocycles. The van der Waals surface area contributed by atoms with E-state index >= 15 is 0 Å². The normalized spacial score (nSPS) is 11.1. The second kappa shape index (κ2) is 9.36. The molecule has 0 aliphatic rings. The minimum Gasteiger partial charge on any atom is -0.490 e. The molecule has 2 rings (SSSR count). The first-order valence-electron chi connectivity index (χ1n) is 8.91. The predicted molar refractivity (Wildman–Crippen MR) is 106 cm³/mol. The summed E-state index contributed by atoms with van der Waals surface area (Å²) in [4.78, 5) is 10.7. The van der Waals surface area contributed by atoms with Crippen molar-refractivity contribution in [3.63, 3.8) is 0 Å². The van der Waals surface area contributed by atoms with Gasteiger partial charge in [0.1, 0.15) is 0 Å². The number of nitrogens with zero attached hydrogens (tertiary/aromatic N) is 3. The summed E-state index contributed by atoms with van der Waals surface area (Å²) < 4.78 is 37.6. The summed E-state index contributed by atoms with van der Waals surface area (Å²) >= 11 is 0. The average Bonchev–Trinajstić information content (AvgIpc) is 2.70. The van der Waals surface area contributed by atoms with Crippen LogP contribution in [0.15, 0.2) is 41.3 Å². The molecule has 0 saturated carbocycles. The highest BCUT2D eigenvalue weighted by Gasteiger charge is 2.27. The van der Waals surface area contributed by atoms with E-state index in [1.54, 1.807) is 20.8 Å². The summed E-state index contributed by atoms with van der Waals surface area (Å²) in [7, 11) is -3.86. The van der Waals surface area contributed by atoms with Gasteiger partial charge in [-0.1, -0.05) is 13.8 Å². The number of nitriles is 1. The first-order valence-corrected chi connectivity index (χ1v) is 10.4. The zero-order chi connectivity index (χ0) is 21.6. The second-order valence-corrected chi connectivity index (χ2v) is 7.72. The molecule has 0 aromatic heterocycles. The van der Waals surface area contributed by atoms with E-state index in [2.05, 4.69) is 0 Å². The molecule has 0 saturated heterocycles. The molecule has 0 aliphatic carbocycles. The molecule has 154 valence electrons. The van der Waals surface area contributed by atoms with Crippen LogP contribution in [0.25, 0.3) is 0 Å². The van der Waals surface area contributed by atoms with Crippen molar-refractivity contribution >= 4 is 15.7 Å². The van der Waals surface area contributed by atoms with Gasteiger partial charge in [0.2, 0.25) is 15.8 Å². The first kappa shape index (κ1) is 22.1. The fourth-order valence-corrected chi connectivity index (χ4v) is 4.13. The van der Waals surface area contributed by atoms with Gasteiger partial charge in [-0.3, -0.25) is 10.1 Å². The van der Waals surface area contributed by atoms with Crippen LogP contribution in [-0.2, 0) is 10.0 Å². The third kappa shape index (κ3) is 4.82. The lowest BCUT2D eigenvalue weighted by atomic mass is 10.2. The van der Waals surface area contributed by atoms with Crippen LogP contribution < -0.4 is 9.47 Å². The molecule has 0 spiro atoms. The molecule has 9 nitrogen and oxygen atoms in total. The molecule has 0 heterocycles. The fourth-order valence-electron chi connectivity index (χ4n) is 2.65. The molecule has 0 aliphatic heterocycles. The lowest BCUT2D eigenvalue weighted by Gasteiger charge is -2.18. The minimum absolute atomic E-state index is 0.140. The minimum atomic E-state index is -3.86. The molecule has 2 aromatic rings. The van der Waals surface area contributed by atoms with Gasteiger partial charge in [0.05, 0.1) is 28.1 Å². The Kier molecular flexibility index (Phi) is 7.14. The predicted octanol–water partition coefficient (Wildman–Crippen LogP) is 3.69. The summed E-state index contributed by atoms with van der Waals surface area (Å²) in [5.41, 5.74) is -0.152. The fraction of sp³-hybridized carbons (Fsp3) is 0.316. The van der Waals surface area contributed by atoms with E-state index in [1.807, 2.05) is 6.07 Å². The molecule has 10 heteroatoms. The summed E-state index contributed by atoms with van der Waals surface area (Å²) in [6.45, 7) is 5.91. The van der Waals surface area contributed by atoms with Crippen molar-refractivity contribution in [3.05, 3.63) is 52.1 Å². The van der Waals surface area contributed by atoms with Gasteiger partial charge in [0.25, 0.3) is 0 Å². The number of sulfonamides is 1. The average molecular weight is 419 g/mol. The van der Waals surface area contributed by atoms with Crippen LogP contribution in [0.2, 0.25) is 0 Å². The van der Waals surface area contributed by atoms with Crippen molar-refractivity contribution in [1.82, 2.24) is 4.31 Å². The smallest absolute Gasteiger partial charge is 0.312 e. The summed E-state index contributed by atoms with van der Waals surface area (Å²) in [6, 6.07) is 9.88. The van der Waals surface area contributed by atoms with Crippen molar-refractivity contribution in [2.45, 2.75) is 25.7 Å². The number of hydrogen-bond acceptors (Lipinski definition) is 7. The Morgan fingerprint density at radius 2 is 1.72 bits per heavy atom. The Labute approximate surface area is 169 Å². The maximum Gasteiger partial charge on any atom is 0.312 e.